The van der Waals surface area contributed by atoms with Crippen molar-refractivity contribution in [3.63, 3.8) is 0 Å². The first-order valence-corrected chi connectivity index (χ1v) is 7.34. The van der Waals surface area contributed by atoms with E-state index in [2.05, 4.69) is 10.2 Å². The molecule has 2 aromatic carbocycles. The quantitative estimate of drug-likeness (QED) is 0.841. The lowest BCUT2D eigenvalue weighted by molar-refractivity contribution is -0.137. The fourth-order valence-electron chi connectivity index (χ4n) is 3.30. The highest BCUT2D eigenvalue weighted by Gasteiger charge is 2.31. The fraction of sp³-hybridized carbons (Fsp3) is 0.294. The summed E-state index contributed by atoms with van der Waals surface area (Å²) in [6.45, 7) is 2.05. The Kier molecular flexibility index (Phi) is 2.86. The molecule has 114 valence electrons. The molecule has 0 saturated carbocycles. The van der Waals surface area contributed by atoms with Crippen molar-refractivity contribution in [3.8, 4) is 11.1 Å². The summed E-state index contributed by atoms with van der Waals surface area (Å²) >= 11 is 0. The van der Waals surface area contributed by atoms with E-state index >= 15 is 0 Å². The molecule has 0 amide bonds. The van der Waals surface area contributed by atoms with Gasteiger partial charge in [0.15, 0.2) is 0 Å². The number of nitrogens with zero attached hydrogens (tertiary/aromatic N) is 1. The molecule has 1 N–H and O–H groups in total. The molecule has 2 nitrogen and oxygen atoms in total. The van der Waals surface area contributed by atoms with Gasteiger partial charge in [0.25, 0.3) is 0 Å². The van der Waals surface area contributed by atoms with E-state index in [1.165, 1.54) is 12.1 Å². The molecule has 0 spiro atoms. The second-order valence-corrected chi connectivity index (χ2v) is 5.89. The first-order valence-electron chi connectivity index (χ1n) is 7.34. The van der Waals surface area contributed by atoms with Crippen LogP contribution in [0.3, 0.4) is 0 Å². The van der Waals surface area contributed by atoms with Gasteiger partial charge in [-0.25, -0.2) is 0 Å². The topological polar surface area (TPSA) is 15.3 Å². The van der Waals surface area contributed by atoms with Crippen LogP contribution in [-0.4, -0.2) is 19.1 Å². The van der Waals surface area contributed by atoms with Crippen LogP contribution in [0.5, 0.6) is 0 Å². The summed E-state index contributed by atoms with van der Waals surface area (Å²) in [4.78, 5) is 2.33. The number of halogens is 3. The third kappa shape index (κ3) is 2.21. The largest absolute Gasteiger partial charge is 0.416 e. The number of hydrogen-bond donors (Lipinski definition) is 1. The zero-order valence-corrected chi connectivity index (χ0v) is 11.8. The summed E-state index contributed by atoms with van der Waals surface area (Å²) in [6, 6.07) is 11.8. The SMILES string of the molecule is FC(F)(F)c1cccc(-c2ccc3c(c2)N[C@H]2CCN3C2)c1. The van der Waals surface area contributed by atoms with E-state index in [9.17, 15) is 13.2 Å². The first kappa shape index (κ1) is 13.5. The molecule has 0 aromatic heterocycles. The van der Waals surface area contributed by atoms with Crippen molar-refractivity contribution in [3.05, 3.63) is 48.0 Å². The normalized spacial score (nSPS) is 19.8. The van der Waals surface area contributed by atoms with Crippen LogP contribution < -0.4 is 10.2 Å². The lowest BCUT2D eigenvalue weighted by Crippen LogP contribution is -2.31. The lowest BCUT2D eigenvalue weighted by atomic mass is 10.0. The molecular formula is C17H15F3N2. The van der Waals surface area contributed by atoms with Crippen molar-refractivity contribution in [2.45, 2.75) is 18.6 Å². The highest BCUT2D eigenvalue weighted by atomic mass is 19.4. The number of nitrogens with one attached hydrogen (secondary N) is 1. The van der Waals surface area contributed by atoms with Crippen LogP contribution in [-0.2, 0) is 6.18 Å². The van der Waals surface area contributed by atoms with Crippen LogP contribution in [0, 0.1) is 0 Å². The Morgan fingerprint density at radius 1 is 1.05 bits per heavy atom. The van der Waals surface area contributed by atoms with E-state index in [4.69, 9.17) is 0 Å². The smallest absolute Gasteiger partial charge is 0.379 e. The van der Waals surface area contributed by atoms with E-state index in [1.54, 1.807) is 6.07 Å². The standard InChI is InChI=1S/C17H15F3N2/c18-17(19,20)13-3-1-2-11(8-13)12-4-5-16-15(9-12)21-14-6-7-22(16)10-14/h1-5,8-9,14,21H,6-7,10H2/t14-/m0/s1. The van der Waals surface area contributed by atoms with Crippen LogP contribution in [0.25, 0.3) is 11.1 Å². The van der Waals surface area contributed by atoms with Gasteiger partial charge < -0.3 is 10.2 Å². The minimum Gasteiger partial charge on any atom is -0.379 e. The van der Waals surface area contributed by atoms with E-state index < -0.39 is 11.7 Å². The van der Waals surface area contributed by atoms with Crippen molar-refractivity contribution in [2.24, 2.45) is 0 Å². The Bertz CT molecular complexity index is 724. The fourth-order valence-corrected chi connectivity index (χ4v) is 3.30. The minimum atomic E-state index is -4.31. The van der Waals surface area contributed by atoms with Gasteiger partial charge in [-0.15, -0.1) is 0 Å². The van der Waals surface area contributed by atoms with Gasteiger partial charge in [-0.3, -0.25) is 0 Å². The Morgan fingerprint density at radius 2 is 1.86 bits per heavy atom. The molecule has 0 aliphatic carbocycles. The monoisotopic (exact) mass is 304 g/mol. The van der Waals surface area contributed by atoms with Crippen molar-refractivity contribution in [2.75, 3.05) is 23.3 Å². The van der Waals surface area contributed by atoms with Gasteiger partial charge in [0.05, 0.1) is 16.9 Å². The Morgan fingerprint density at radius 3 is 2.68 bits per heavy atom. The summed E-state index contributed by atoms with van der Waals surface area (Å²) in [7, 11) is 0. The maximum atomic E-state index is 12.8. The number of benzene rings is 2. The minimum absolute atomic E-state index is 0.448. The van der Waals surface area contributed by atoms with Crippen molar-refractivity contribution >= 4 is 11.4 Å². The summed E-state index contributed by atoms with van der Waals surface area (Å²) in [5.41, 5.74) is 2.94. The van der Waals surface area contributed by atoms with E-state index in [-0.39, 0.29) is 0 Å². The highest BCUT2D eigenvalue weighted by molar-refractivity contribution is 5.80. The van der Waals surface area contributed by atoms with Gasteiger partial charge in [-0.1, -0.05) is 18.2 Å². The van der Waals surface area contributed by atoms with Gasteiger partial charge in [0.1, 0.15) is 0 Å². The summed E-state index contributed by atoms with van der Waals surface area (Å²) < 4.78 is 38.5. The Hall–Kier alpha value is -2.17. The van der Waals surface area contributed by atoms with Crippen molar-refractivity contribution in [1.82, 2.24) is 0 Å². The average Bonchev–Trinajstić information content (AvgIpc) is 2.88. The molecule has 1 saturated heterocycles. The van der Waals surface area contributed by atoms with Crippen LogP contribution in [0.2, 0.25) is 0 Å². The molecule has 1 fully saturated rings. The molecule has 4 rings (SSSR count). The molecule has 0 radical (unpaired) electrons. The number of anilines is 2. The van der Waals surface area contributed by atoms with Crippen molar-refractivity contribution < 1.29 is 13.2 Å². The number of hydrogen-bond acceptors (Lipinski definition) is 2. The molecule has 22 heavy (non-hydrogen) atoms. The average molecular weight is 304 g/mol. The summed E-state index contributed by atoms with van der Waals surface area (Å²) in [6.07, 6.45) is -3.21. The van der Waals surface area contributed by atoms with Gasteiger partial charge >= 0.3 is 6.18 Å². The Balaban J connectivity index is 1.74. The molecule has 5 heteroatoms. The molecule has 0 unspecified atom stereocenters. The zero-order chi connectivity index (χ0) is 15.3. The maximum absolute atomic E-state index is 12.8. The maximum Gasteiger partial charge on any atom is 0.416 e. The third-order valence-corrected chi connectivity index (χ3v) is 4.41. The third-order valence-electron chi connectivity index (χ3n) is 4.41. The number of alkyl halides is 3. The van der Waals surface area contributed by atoms with Gasteiger partial charge in [-0.2, -0.15) is 13.2 Å². The van der Waals surface area contributed by atoms with E-state index in [0.29, 0.717) is 11.6 Å². The van der Waals surface area contributed by atoms with Crippen molar-refractivity contribution in [1.29, 1.82) is 0 Å². The van der Waals surface area contributed by atoms with Crippen LogP contribution in [0.1, 0.15) is 12.0 Å². The predicted molar refractivity (Wildman–Crippen MR) is 81.1 cm³/mol. The van der Waals surface area contributed by atoms with Crippen LogP contribution in [0.15, 0.2) is 42.5 Å². The second-order valence-electron chi connectivity index (χ2n) is 5.89. The van der Waals surface area contributed by atoms with E-state index in [1.807, 2.05) is 18.2 Å². The lowest BCUT2D eigenvalue weighted by Gasteiger charge is -2.29. The molecule has 1 atom stereocenters. The molecule has 2 bridgehead atoms. The Labute approximate surface area is 126 Å². The number of rotatable bonds is 1. The van der Waals surface area contributed by atoms with Crippen LogP contribution >= 0.6 is 0 Å². The first-order chi connectivity index (χ1) is 10.5. The summed E-state index contributed by atoms with van der Waals surface area (Å²) in [5.74, 6) is 0. The van der Waals surface area contributed by atoms with Gasteiger partial charge in [0.2, 0.25) is 0 Å². The number of fused-ring (bicyclic) bond motifs is 4. The van der Waals surface area contributed by atoms with Crippen LogP contribution in [0.4, 0.5) is 24.5 Å². The van der Waals surface area contributed by atoms with Gasteiger partial charge in [-0.05, 0) is 41.8 Å². The van der Waals surface area contributed by atoms with E-state index in [0.717, 1.165) is 42.5 Å². The zero-order valence-electron chi connectivity index (χ0n) is 11.8. The predicted octanol–water partition coefficient (Wildman–Crippen LogP) is 4.38. The molecule has 2 aliphatic rings. The molecular weight excluding hydrogens is 289 g/mol. The highest BCUT2D eigenvalue weighted by Crippen LogP contribution is 2.39. The van der Waals surface area contributed by atoms with Gasteiger partial charge in [0, 0.05) is 19.1 Å². The summed E-state index contributed by atoms with van der Waals surface area (Å²) in [5, 5.41) is 3.48. The molecule has 2 aliphatic heterocycles. The second kappa shape index (κ2) is 4.66. The molecule has 2 aromatic rings. The molecule has 2 heterocycles.